The lowest BCUT2D eigenvalue weighted by Crippen LogP contribution is -2.15. The highest BCUT2D eigenvalue weighted by Crippen LogP contribution is 2.37. The Hall–Kier alpha value is -2.83. The van der Waals surface area contributed by atoms with Crippen molar-refractivity contribution in [2.24, 2.45) is 0 Å². The lowest BCUT2D eigenvalue weighted by molar-refractivity contribution is 0.282. The summed E-state index contributed by atoms with van der Waals surface area (Å²) in [5, 5.41) is 3.51. The van der Waals surface area contributed by atoms with Crippen LogP contribution in [0.3, 0.4) is 0 Å². The first-order valence-corrected chi connectivity index (χ1v) is 11.6. The molecule has 0 unspecified atom stereocenters. The summed E-state index contributed by atoms with van der Waals surface area (Å²) >= 11 is 3.65. The maximum atomic E-state index is 6.05. The van der Waals surface area contributed by atoms with E-state index in [-0.39, 0.29) is 0 Å². The van der Waals surface area contributed by atoms with Crippen LogP contribution in [0.4, 0.5) is 0 Å². The van der Waals surface area contributed by atoms with Crippen LogP contribution in [-0.2, 0) is 19.6 Å². The standard InChI is InChI=1S/C26H28BrN3O2/c1-18-9-11-19(12-10-18)17-32-26-21(27)14-20(15-24(26)31-2)16-28-13-5-8-25-29-22-6-3-4-7-23(22)30-25/h3-4,6-7,9-12,14-15,28H,5,8,13,16-17H2,1-2H3,(H,29,30). The second-order valence-corrected chi connectivity index (χ2v) is 8.72. The number of imidazole rings is 1. The van der Waals surface area contributed by atoms with Crippen molar-refractivity contribution in [3.8, 4) is 11.5 Å². The molecular formula is C26H28BrN3O2. The van der Waals surface area contributed by atoms with Gasteiger partial charge in [0.1, 0.15) is 12.4 Å². The molecule has 0 bridgehead atoms. The van der Waals surface area contributed by atoms with E-state index in [1.54, 1.807) is 7.11 Å². The minimum Gasteiger partial charge on any atom is -0.493 e. The molecule has 0 saturated heterocycles. The molecule has 32 heavy (non-hydrogen) atoms. The van der Waals surface area contributed by atoms with Gasteiger partial charge < -0.3 is 19.8 Å². The van der Waals surface area contributed by atoms with Gasteiger partial charge in [0, 0.05) is 13.0 Å². The molecule has 166 valence electrons. The third-order valence-electron chi connectivity index (χ3n) is 5.33. The van der Waals surface area contributed by atoms with Crippen LogP contribution < -0.4 is 14.8 Å². The Morgan fingerprint density at radius 1 is 1.03 bits per heavy atom. The van der Waals surface area contributed by atoms with Gasteiger partial charge in [-0.2, -0.15) is 0 Å². The van der Waals surface area contributed by atoms with Crippen molar-refractivity contribution in [1.29, 1.82) is 0 Å². The molecule has 1 heterocycles. The van der Waals surface area contributed by atoms with Crippen molar-refractivity contribution in [1.82, 2.24) is 15.3 Å². The zero-order valence-electron chi connectivity index (χ0n) is 18.5. The lowest BCUT2D eigenvalue weighted by Gasteiger charge is -2.15. The van der Waals surface area contributed by atoms with Crippen molar-refractivity contribution in [3.05, 3.63) is 87.7 Å². The number of nitrogens with zero attached hydrogens (tertiary/aromatic N) is 1. The SMILES string of the molecule is COc1cc(CNCCCc2nc3ccccc3[nH]2)cc(Br)c1OCc1ccc(C)cc1. The maximum Gasteiger partial charge on any atom is 0.175 e. The van der Waals surface area contributed by atoms with Crippen LogP contribution in [0.5, 0.6) is 11.5 Å². The number of halogens is 1. The summed E-state index contributed by atoms with van der Waals surface area (Å²) < 4.78 is 12.5. The number of rotatable bonds is 10. The van der Waals surface area contributed by atoms with Crippen LogP contribution in [0.15, 0.2) is 65.1 Å². The van der Waals surface area contributed by atoms with E-state index < -0.39 is 0 Å². The fourth-order valence-corrected chi connectivity index (χ4v) is 4.20. The highest BCUT2D eigenvalue weighted by molar-refractivity contribution is 9.10. The molecule has 0 spiro atoms. The molecule has 0 saturated carbocycles. The molecule has 3 aromatic carbocycles. The van der Waals surface area contributed by atoms with Crippen molar-refractivity contribution in [2.45, 2.75) is 32.9 Å². The first-order chi connectivity index (χ1) is 15.6. The van der Waals surface area contributed by atoms with Crippen LogP contribution in [-0.4, -0.2) is 23.6 Å². The van der Waals surface area contributed by atoms with E-state index >= 15 is 0 Å². The van der Waals surface area contributed by atoms with E-state index in [1.165, 1.54) is 5.56 Å². The van der Waals surface area contributed by atoms with Crippen LogP contribution in [0.1, 0.15) is 28.9 Å². The predicted octanol–water partition coefficient (Wildman–Crippen LogP) is 5.94. The Bertz CT molecular complexity index is 1140. The molecule has 4 rings (SSSR count). The van der Waals surface area contributed by atoms with Gasteiger partial charge in [-0.1, -0.05) is 42.0 Å². The molecule has 0 amide bonds. The van der Waals surface area contributed by atoms with Crippen LogP contribution in [0.2, 0.25) is 0 Å². The van der Waals surface area contributed by atoms with Gasteiger partial charge >= 0.3 is 0 Å². The number of nitrogens with one attached hydrogen (secondary N) is 2. The van der Waals surface area contributed by atoms with E-state index in [4.69, 9.17) is 9.47 Å². The molecule has 2 N–H and O–H groups in total. The number of ether oxygens (including phenoxy) is 2. The first kappa shape index (κ1) is 22.4. The first-order valence-electron chi connectivity index (χ1n) is 10.8. The summed E-state index contributed by atoms with van der Waals surface area (Å²) in [7, 11) is 1.67. The number of para-hydroxylation sites is 2. The Morgan fingerprint density at radius 2 is 1.84 bits per heavy atom. The number of benzene rings is 3. The average molecular weight is 494 g/mol. The van der Waals surface area contributed by atoms with Crippen molar-refractivity contribution in [3.63, 3.8) is 0 Å². The molecule has 0 aliphatic rings. The Balaban J connectivity index is 1.28. The molecule has 5 nitrogen and oxygen atoms in total. The van der Waals surface area contributed by atoms with Crippen molar-refractivity contribution in [2.75, 3.05) is 13.7 Å². The second-order valence-electron chi connectivity index (χ2n) is 7.86. The Kier molecular flexibility index (Phi) is 7.45. The molecule has 4 aromatic rings. The quantitative estimate of drug-likeness (QED) is 0.268. The highest BCUT2D eigenvalue weighted by atomic mass is 79.9. The largest absolute Gasteiger partial charge is 0.493 e. The summed E-state index contributed by atoms with van der Waals surface area (Å²) in [6.07, 6.45) is 1.93. The van der Waals surface area contributed by atoms with Gasteiger partial charge in [0.05, 0.1) is 22.6 Å². The third kappa shape index (κ3) is 5.69. The molecule has 0 atom stereocenters. The van der Waals surface area contributed by atoms with E-state index in [0.29, 0.717) is 6.61 Å². The highest BCUT2D eigenvalue weighted by Gasteiger charge is 2.12. The molecule has 0 fully saturated rings. The zero-order chi connectivity index (χ0) is 22.3. The number of fused-ring (bicyclic) bond motifs is 1. The summed E-state index contributed by atoms with van der Waals surface area (Å²) in [6, 6.07) is 20.6. The number of aryl methyl sites for hydroxylation is 2. The number of methoxy groups -OCH3 is 1. The van der Waals surface area contributed by atoms with Gasteiger partial charge in [-0.15, -0.1) is 0 Å². The van der Waals surface area contributed by atoms with Gasteiger partial charge in [-0.25, -0.2) is 4.98 Å². The van der Waals surface area contributed by atoms with Crippen molar-refractivity contribution < 1.29 is 9.47 Å². The van der Waals surface area contributed by atoms with E-state index in [2.05, 4.69) is 74.5 Å². The average Bonchev–Trinajstić information content (AvgIpc) is 3.22. The molecule has 0 aliphatic heterocycles. The summed E-state index contributed by atoms with van der Waals surface area (Å²) in [5.41, 5.74) is 5.62. The normalized spacial score (nSPS) is 11.1. The van der Waals surface area contributed by atoms with Crippen LogP contribution >= 0.6 is 15.9 Å². The molecule has 0 radical (unpaired) electrons. The summed E-state index contributed by atoms with van der Waals surface area (Å²) in [4.78, 5) is 8.02. The fraction of sp³-hybridized carbons (Fsp3) is 0.269. The van der Waals surface area contributed by atoms with Gasteiger partial charge in [0.25, 0.3) is 0 Å². The molecular weight excluding hydrogens is 466 g/mol. The summed E-state index contributed by atoms with van der Waals surface area (Å²) in [5.74, 6) is 2.49. The van der Waals surface area contributed by atoms with Crippen LogP contribution in [0.25, 0.3) is 11.0 Å². The Labute approximate surface area is 197 Å². The molecule has 0 aliphatic carbocycles. The molecule has 6 heteroatoms. The van der Waals surface area contributed by atoms with Crippen LogP contribution in [0, 0.1) is 6.92 Å². The number of aromatic nitrogens is 2. The smallest absolute Gasteiger partial charge is 0.175 e. The van der Waals surface area contributed by atoms with E-state index in [1.807, 2.05) is 24.3 Å². The topological polar surface area (TPSA) is 59.2 Å². The van der Waals surface area contributed by atoms with E-state index in [9.17, 15) is 0 Å². The summed E-state index contributed by atoms with van der Waals surface area (Å²) in [6.45, 7) is 4.24. The number of aromatic amines is 1. The Morgan fingerprint density at radius 3 is 2.62 bits per heavy atom. The van der Waals surface area contributed by atoms with Gasteiger partial charge in [-0.05, 0) is 71.2 Å². The number of hydrogen-bond acceptors (Lipinski definition) is 4. The minimum absolute atomic E-state index is 0.495. The fourth-order valence-electron chi connectivity index (χ4n) is 3.59. The maximum absolute atomic E-state index is 6.05. The number of hydrogen-bond donors (Lipinski definition) is 2. The van der Waals surface area contributed by atoms with Gasteiger partial charge in [-0.3, -0.25) is 0 Å². The minimum atomic E-state index is 0.495. The number of H-pyrrole nitrogens is 1. The van der Waals surface area contributed by atoms with Crippen molar-refractivity contribution >= 4 is 27.0 Å². The molecule has 1 aromatic heterocycles. The lowest BCUT2D eigenvalue weighted by atomic mass is 10.1. The monoisotopic (exact) mass is 493 g/mol. The van der Waals surface area contributed by atoms with E-state index in [0.717, 1.165) is 69.9 Å². The van der Waals surface area contributed by atoms with Gasteiger partial charge in [0.15, 0.2) is 11.5 Å². The van der Waals surface area contributed by atoms with Gasteiger partial charge in [0.2, 0.25) is 0 Å². The second kappa shape index (κ2) is 10.7. The zero-order valence-corrected chi connectivity index (χ0v) is 20.0. The third-order valence-corrected chi connectivity index (χ3v) is 5.92. The predicted molar refractivity (Wildman–Crippen MR) is 132 cm³/mol.